The molecular weight excluding hydrogens is 472 g/mol. The number of H-pyrrole nitrogens is 1. The zero-order valence-corrected chi connectivity index (χ0v) is 22.7. The Bertz CT molecular complexity index is 1410. The number of aromatic nitrogens is 3. The molecule has 1 amide bonds. The summed E-state index contributed by atoms with van der Waals surface area (Å²) in [6.07, 6.45) is 9.59. The number of carbonyl (C=O) groups excluding carboxylic acids is 1. The molecule has 1 fully saturated rings. The molecule has 7 heteroatoms. The average Bonchev–Trinajstić information content (AvgIpc) is 3.37. The number of nitrogens with two attached hydrogens (primary N) is 1. The van der Waals surface area contributed by atoms with E-state index < -0.39 is 5.91 Å². The second-order valence-corrected chi connectivity index (χ2v) is 11.3. The van der Waals surface area contributed by atoms with Gasteiger partial charge in [-0.15, -0.1) is 0 Å². The number of primary amides is 1. The van der Waals surface area contributed by atoms with Gasteiger partial charge in [0.05, 0.1) is 17.3 Å². The standard InChI is InChI=1S/C31H38N6O/c1-31(2,3)27-14-13-24(19-22(27)9-8-18-36-16-5-4-6-17-36)37(30-26(29(32)38)10-7-15-33-30)25-12-11-23-21-34-35-28(23)20-25/h7,10-15,19-21H,4-6,8-9,16-18H2,1-3H3,(H2,32,38)(H,34,35). The van der Waals surface area contributed by atoms with E-state index in [2.05, 4.69) is 59.1 Å². The number of piperidine rings is 1. The number of likely N-dealkylation sites (tertiary alicyclic amines) is 1. The Hall–Kier alpha value is -3.71. The zero-order valence-electron chi connectivity index (χ0n) is 22.7. The van der Waals surface area contributed by atoms with Gasteiger partial charge < -0.3 is 10.6 Å². The second kappa shape index (κ2) is 11.0. The van der Waals surface area contributed by atoms with Crippen molar-refractivity contribution in [1.29, 1.82) is 0 Å². The van der Waals surface area contributed by atoms with Crippen LogP contribution in [0.5, 0.6) is 0 Å². The van der Waals surface area contributed by atoms with Crippen LogP contribution in [0, 0.1) is 0 Å². The molecule has 3 N–H and O–H groups in total. The van der Waals surface area contributed by atoms with Crippen molar-refractivity contribution in [2.75, 3.05) is 24.5 Å². The maximum atomic E-state index is 12.4. The predicted molar refractivity (Wildman–Crippen MR) is 154 cm³/mol. The van der Waals surface area contributed by atoms with Gasteiger partial charge in [-0.25, -0.2) is 4.98 Å². The lowest BCUT2D eigenvalue weighted by Crippen LogP contribution is -2.30. The summed E-state index contributed by atoms with van der Waals surface area (Å²) in [5.74, 6) is 0.00965. The molecule has 5 rings (SSSR count). The Kier molecular flexibility index (Phi) is 7.47. The molecule has 7 nitrogen and oxygen atoms in total. The van der Waals surface area contributed by atoms with Gasteiger partial charge in [-0.1, -0.05) is 33.3 Å². The molecule has 198 valence electrons. The minimum Gasteiger partial charge on any atom is -0.365 e. The molecule has 0 saturated carbocycles. The molecule has 1 aliphatic rings. The normalized spacial score (nSPS) is 14.6. The summed E-state index contributed by atoms with van der Waals surface area (Å²) in [7, 11) is 0. The van der Waals surface area contributed by atoms with Crippen LogP contribution < -0.4 is 10.6 Å². The summed E-state index contributed by atoms with van der Waals surface area (Å²) < 4.78 is 0. The van der Waals surface area contributed by atoms with Gasteiger partial charge in [-0.2, -0.15) is 5.10 Å². The van der Waals surface area contributed by atoms with Crippen LogP contribution >= 0.6 is 0 Å². The number of nitrogens with one attached hydrogen (secondary N) is 1. The van der Waals surface area contributed by atoms with Crippen molar-refractivity contribution < 1.29 is 4.79 Å². The molecule has 0 spiro atoms. The molecule has 0 radical (unpaired) electrons. The number of fused-ring (bicyclic) bond motifs is 1. The van der Waals surface area contributed by atoms with Crippen LogP contribution in [-0.4, -0.2) is 45.6 Å². The fourth-order valence-electron chi connectivity index (χ4n) is 5.56. The highest BCUT2D eigenvalue weighted by atomic mass is 16.1. The van der Waals surface area contributed by atoms with E-state index in [4.69, 9.17) is 5.73 Å². The van der Waals surface area contributed by atoms with Crippen LogP contribution in [0.4, 0.5) is 17.2 Å². The minimum atomic E-state index is -0.506. The van der Waals surface area contributed by atoms with E-state index in [1.807, 2.05) is 23.1 Å². The molecule has 4 aromatic rings. The number of hydrogen-bond acceptors (Lipinski definition) is 5. The number of carbonyl (C=O) groups is 1. The first-order valence-corrected chi connectivity index (χ1v) is 13.6. The lowest BCUT2D eigenvalue weighted by molar-refractivity contribution is 0.100. The number of aryl methyl sites for hydroxylation is 1. The molecule has 0 aliphatic carbocycles. The molecular formula is C31H38N6O. The molecule has 3 heterocycles. The van der Waals surface area contributed by atoms with E-state index in [1.165, 1.54) is 43.5 Å². The van der Waals surface area contributed by atoms with Crippen molar-refractivity contribution in [3.63, 3.8) is 0 Å². The van der Waals surface area contributed by atoms with E-state index in [1.54, 1.807) is 24.5 Å². The molecule has 1 aliphatic heterocycles. The van der Waals surface area contributed by atoms with Gasteiger partial charge in [0.2, 0.25) is 0 Å². The van der Waals surface area contributed by atoms with Crippen LogP contribution in [0.25, 0.3) is 10.9 Å². The summed E-state index contributed by atoms with van der Waals surface area (Å²) in [5.41, 5.74) is 11.6. The van der Waals surface area contributed by atoms with E-state index >= 15 is 0 Å². The first-order valence-electron chi connectivity index (χ1n) is 13.6. The maximum Gasteiger partial charge on any atom is 0.252 e. The molecule has 0 atom stereocenters. The van der Waals surface area contributed by atoms with Gasteiger partial charge in [0.1, 0.15) is 5.82 Å². The number of amides is 1. The van der Waals surface area contributed by atoms with Gasteiger partial charge in [-0.3, -0.25) is 14.8 Å². The number of aromatic amines is 1. The third kappa shape index (κ3) is 5.58. The smallest absolute Gasteiger partial charge is 0.252 e. The zero-order chi connectivity index (χ0) is 26.7. The molecule has 0 unspecified atom stereocenters. The molecule has 38 heavy (non-hydrogen) atoms. The fourth-order valence-corrected chi connectivity index (χ4v) is 5.56. The van der Waals surface area contributed by atoms with Gasteiger partial charge in [0.25, 0.3) is 5.91 Å². The Morgan fingerprint density at radius 1 is 1.05 bits per heavy atom. The summed E-state index contributed by atoms with van der Waals surface area (Å²) in [6.45, 7) is 10.4. The van der Waals surface area contributed by atoms with Gasteiger partial charge >= 0.3 is 0 Å². The Balaban J connectivity index is 1.57. The number of rotatable bonds is 8. The average molecular weight is 511 g/mol. The quantitative estimate of drug-likeness (QED) is 0.293. The maximum absolute atomic E-state index is 12.4. The first kappa shape index (κ1) is 25.9. The Morgan fingerprint density at radius 2 is 1.82 bits per heavy atom. The largest absolute Gasteiger partial charge is 0.365 e. The summed E-state index contributed by atoms with van der Waals surface area (Å²) in [4.78, 5) is 21.7. The van der Waals surface area contributed by atoms with E-state index in [0.29, 0.717) is 11.4 Å². The number of nitrogens with zero attached hydrogens (tertiary/aromatic N) is 4. The van der Waals surface area contributed by atoms with Gasteiger partial charge in [-0.05, 0) is 104 Å². The van der Waals surface area contributed by atoms with Crippen LogP contribution in [0.2, 0.25) is 0 Å². The van der Waals surface area contributed by atoms with Crippen molar-refractivity contribution in [3.8, 4) is 0 Å². The van der Waals surface area contributed by atoms with Crippen molar-refractivity contribution in [1.82, 2.24) is 20.1 Å². The van der Waals surface area contributed by atoms with E-state index in [0.717, 1.165) is 41.7 Å². The number of hydrogen-bond donors (Lipinski definition) is 2. The predicted octanol–water partition coefficient (Wildman–Crippen LogP) is 6.24. The third-order valence-corrected chi connectivity index (χ3v) is 7.47. The molecule has 0 bridgehead atoms. The highest BCUT2D eigenvalue weighted by molar-refractivity contribution is 6.00. The second-order valence-electron chi connectivity index (χ2n) is 11.3. The SMILES string of the molecule is CC(C)(C)c1ccc(N(c2ccc3cn[nH]c3c2)c2ncccc2C(N)=O)cc1CCCN1CCCCC1. The van der Waals surface area contributed by atoms with Crippen molar-refractivity contribution in [2.24, 2.45) is 5.73 Å². The third-order valence-electron chi connectivity index (χ3n) is 7.47. The van der Waals surface area contributed by atoms with Crippen LogP contribution in [0.1, 0.15) is 67.9 Å². The van der Waals surface area contributed by atoms with Crippen molar-refractivity contribution in [2.45, 2.75) is 58.3 Å². The Morgan fingerprint density at radius 3 is 2.58 bits per heavy atom. The fraction of sp³-hybridized carbons (Fsp3) is 0.387. The lowest BCUT2D eigenvalue weighted by Gasteiger charge is -2.30. The summed E-state index contributed by atoms with van der Waals surface area (Å²) >= 11 is 0. The van der Waals surface area contributed by atoms with Gasteiger partial charge in [0, 0.05) is 23.0 Å². The van der Waals surface area contributed by atoms with Crippen LogP contribution in [-0.2, 0) is 11.8 Å². The van der Waals surface area contributed by atoms with E-state index in [-0.39, 0.29) is 5.41 Å². The molecule has 2 aromatic heterocycles. The number of anilines is 3. The molecule has 2 aromatic carbocycles. The summed E-state index contributed by atoms with van der Waals surface area (Å²) in [5, 5.41) is 8.26. The number of benzene rings is 2. The van der Waals surface area contributed by atoms with Crippen LogP contribution in [0.3, 0.4) is 0 Å². The van der Waals surface area contributed by atoms with Crippen LogP contribution in [0.15, 0.2) is 60.9 Å². The van der Waals surface area contributed by atoms with Gasteiger partial charge in [0.15, 0.2) is 0 Å². The monoisotopic (exact) mass is 510 g/mol. The highest BCUT2D eigenvalue weighted by Crippen LogP contribution is 2.39. The highest BCUT2D eigenvalue weighted by Gasteiger charge is 2.24. The minimum absolute atomic E-state index is 0.0159. The molecule has 1 saturated heterocycles. The Labute approximate surface area is 225 Å². The first-order chi connectivity index (χ1) is 18.3. The topological polar surface area (TPSA) is 91.1 Å². The van der Waals surface area contributed by atoms with Crippen molar-refractivity contribution in [3.05, 3.63) is 77.6 Å². The summed E-state index contributed by atoms with van der Waals surface area (Å²) in [6, 6.07) is 16.2. The van der Waals surface area contributed by atoms with E-state index in [9.17, 15) is 4.79 Å². The lowest BCUT2D eigenvalue weighted by atomic mass is 9.82. The van der Waals surface area contributed by atoms with Crippen molar-refractivity contribution >= 4 is 34.0 Å². The number of pyridine rings is 1.